The minimum Gasteiger partial charge on any atom is -0.490 e. The molecule has 1 aromatic rings. The van der Waals surface area contributed by atoms with Gasteiger partial charge in [0.05, 0.1) is 0 Å². The topological polar surface area (TPSA) is 9.23 Å². The molecule has 0 aromatic heterocycles. The lowest BCUT2D eigenvalue weighted by molar-refractivity contribution is 0.363. The van der Waals surface area contributed by atoms with E-state index in [9.17, 15) is 0 Å². The summed E-state index contributed by atoms with van der Waals surface area (Å²) in [6.07, 6.45) is 5.80. The third kappa shape index (κ3) is 3.16. The van der Waals surface area contributed by atoms with E-state index in [0.717, 1.165) is 5.75 Å². The van der Waals surface area contributed by atoms with Gasteiger partial charge in [-0.1, -0.05) is 36.9 Å². The molecule has 0 saturated heterocycles. The number of hydrogen-bond donors (Lipinski definition) is 0. The largest absolute Gasteiger partial charge is 0.490 e. The Hall–Kier alpha value is -1.50. The van der Waals surface area contributed by atoms with Crippen molar-refractivity contribution in [2.75, 3.05) is 6.61 Å². The molecule has 1 aromatic carbocycles. The van der Waals surface area contributed by atoms with Gasteiger partial charge < -0.3 is 4.74 Å². The van der Waals surface area contributed by atoms with Gasteiger partial charge in [0.1, 0.15) is 12.4 Å². The van der Waals surface area contributed by atoms with Crippen molar-refractivity contribution in [3.05, 3.63) is 48.6 Å². The zero-order chi connectivity index (χ0) is 9.52. The van der Waals surface area contributed by atoms with Crippen LogP contribution in [0.1, 0.15) is 12.5 Å². The average molecular weight is 174 g/mol. The van der Waals surface area contributed by atoms with Gasteiger partial charge in [0.25, 0.3) is 0 Å². The van der Waals surface area contributed by atoms with Crippen LogP contribution in [0.15, 0.2) is 43.0 Å². The number of allylic oxidation sites excluding steroid dienone is 1. The van der Waals surface area contributed by atoms with Gasteiger partial charge in [-0.25, -0.2) is 0 Å². The van der Waals surface area contributed by atoms with Gasteiger partial charge >= 0.3 is 0 Å². The highest BCUT2D eigenvalue weighted by atomic mass is 16.5. The molecule has 1 heteroatoms. The second kappa shape index (κ2) is 5.20. The summed E-state index contributed by atoms with van der Waals surface area (Å²) in [5, 5.41) is 0. The van der Waals surface area contributed by atoms with Crippen LogP contribution in [0.25, 0.3) is 6.08 Å². The van der Waals surface area contributed by atoms with Crippen LogP contribution in [0.4, 0.5) is 0 Å². The Kier molecular flexibility index (Phi) is 3.83. The summed E-state index contributed by atoms with van der Waals surface area (Å²) in [7, 11) is 0. The van der Waals surface area contributed by atoms with Gasteiger partial charge in [-0.05, 0) is 24.6 Å². The van der Waals surface area contributed by atoms with Crippen molar-refractivity contribution in [3.63, 3.8) is 0 Å². The summed E-state index contributed by atoms with van der Waals surface area (Å²) < 4.78 is 5.35. The van der Waals surface area contributed by atoms with Crippen LogP contribution in [0.2, 0.25) is 0 Å². The molecule has 0 aliphatic rings. The summed E-state index contributed by atoms with van der Waals surface area (Å²) >= 11 is 0. The van der Waals surface area contributed by atoms with E-state index >= 15 is 0 Å². The minimum atomic E-state index is 0.558. The lowest BCUT2D eigenvalue weighted by Crippen LogP contribution is -1.91. The van der Waals surface area contributed by atoms with Crippen molar-refractivity contribution >= 4 is 6.08 Å². The summed E-state index contributed by atoms with van der Waals surface area (Å²) in [6, 6.07) is 7.97. The molecule has 0 bridgehead atoms. The van der Waals surface area contributed by atoms with Crippen molar-refractivity contribution in [3.8, 4) is 5.75 Å². The van der Waals surface area contributed by atoms with Crippen molar-refractivity contribution in [1.29, 1.82) is 0 Å². The second-order valence-electron chi connectivity index (χ2n) is 2.67. The van der Waals surface area contributed by atoms with Gasteiger partial charge in [0.2, 0.25) is 0 Å². The van der Waals surface area contributed by atoms with Crippen LogP contribution in [-0.4, -0.2) is 6.61 Å². The molecule has 68 valence electrons. The fourth-order valence-corrected chi connectivity index (χ4v) is 1.02. The van der Waals surface area contributed by atoms with E-state index in [1.165, 1.54) is 5.56 Å². The van der Waals surface area contributed by atoms with E-state index in [0.29, 0.717) is 6.61 Å². The normalized spacial score (nSPS) is 10.2. The lowest BCUT2D eigenvalue weighted by atomic mass is 10.2. The average Bonchev–Trinajstić information content (AvgIpc) is 2.17. The van der Waals surface area contributed by atoms with Crippen LogP contribution in [-0.2, 0) is 0 Å². The molecule has 0 N–H and O–H groups in total. The molecule has 0 amide bonds. The molecular formula is C12H14O. The number of ether oxygens (including phenoxy) is 1. The van der Waals surface area contributed by atoms with E-state index in [1.807, 2.05) is 37.3 Å². The standard InChI is InChI=1S/C12H14O/c1-3-5-11-6-8-12(9-7-11)13-10-4-2/h3-9H,2,10H2,1H3/b5-3+. The predicted octanol–water partition coefficient (Wildman–Crippen LogP) is 3.28. The maximum absolute atomic E-state index is 5.35. The molecule has 0 saturated carbocycles. The highest BCUT2D eigenvalue weighted by Gasteiger charge is 1.90. The molecule has 0 atom stereocenters. The zero-order valence-electron chi connectivity index (χ0n) is 7.86. The molecule has 0 spiro atoms. The second-order valence-corrected chi connectivity index (χ2v) is 2.67. The smallest absolute Gasteiger partial charge is 0.119 e. The Morgan fingerprint density at radius 3 is 2.54 bits per heavy atom. The first-order chi connectivity index (χ1) is 6.36. The number of benzene rings is 1. The minimum absolute atomic E-state index is 0.558. The third-order valence-corrected chi connectivity index (χ3v) is 1.61. The van der Waals surface area contributed by atoms with Crippen LogP contribution in [0.3, 0.4) is 0 Å². The maximum atomic E-state index is 5.35. The van der Waals surface area contributed by atoms with Gasteiger partial charge in [-0.2, -0.15) is 0 Å². The fourth-order valence-electron chi connectivity index (χ4n) is 1.02. The van der Waals surface area contributed by atoms with Gasteiger partial charge in [0, 0.05) is 0 Å². The first-order valence-electron chi connectivity index (χ1n) is 4.33. The number of hydrogen-bond acceptors (Lipinski definition) is 1. The Morgan fingerprint density at radius 2 is 2.00 bits per heavy atom. The van der Waals surface area contributed by atoms with Gasteiger partial charge in [-0.15, -0.1) is 0 Å². The summed E-state index contributed by atoms with van der Waals surface area (Å²) in [5.41, 5.74) is 1.19. The monoisotopic (exact) mass is 174 g/mol. The highest BCUT2D eigenvalue weighted by Crippen LogP contribution is 2.12. The summed E-state index contributed by atoms with van der Waals surface area (Å²) in [5.74, 6) is 0.883. The quantitative estimate of drug-likeness (QED) is 0.636. The Morgan fingerprint density at radius 1 is 1.31 bits per heavy atom. The van der Waals surface area contributed by atoms with Crippen LogP contribution in [0, 0.1) is 0 Å². The Balaban J connectivity index is 2.63. The SMILES string of the molecule is C=CCOc1ccc(/C=C/C)cc1. The Labute approximate surface area is 79.4 Å². The van der Waals surface area contributed by atoms with Crippen molar-refractivity contribution in [2.24, 2.45) is 0 Å². The van der Waals surface area contributed by atoms with Gasteiger partial charge in [-0.3, -0.25) is 0 Å². The molecule has 0 unspecified atom stereocenters. The molecular weight excluding hydrogens is 160 g/mol. The first-order valence-corrected chi connectivity index (χ1v) is 4.33. The molecule has 0 aliphatic heterocycles. The molecule has 0 heterocycles. The highest BCUT2D eigenvalue weighted by molar-refractivity contribution is 5.50. The van der Waals surface area contributed by atoms with Crippen LogP contribution in [0.5, 0.6) is 5.75 Å². The third-order valence-electron chi connectivity index (χ3n) is 1.61. The Bertz CT molecular complexity index is 282. The number of rotatable bonds is 4. The van der Waals surface area contributed by atoms with Crippen molar-refractivity contribution < 1.29 is 4.74 Å². The van der Waals surface area contributed by atoms with E-state index in [-0.39, 0.29) is 0 Å². The summed E-state index contributed by atoms with van der Waals surface area (Å²) in [6.45, 7) is 6.15. The maximum Gasteiger partial charge on any atom is 0.119 e. The fraction of sp³-hybridized carbons (Fsp3) is 0.167. The molecule has 0 fully saturated rings. The van der Waals surface area contributed by atoms with E-state index in [4.69, 9.17) is 4.74 Å². The first kappa shape index (κ1) is 9.59. The molecule has 0 radical (unpaired) electrons. The van der Waals surface area contributed by atoms with Gasteiger partial charge in [0.15, 0.2) is 0 Å². The molecule has 13 heavy (non-hydrogen) atoms. The molecule has 0 aliphatic carbocycles. The van der Waals surface area contributed by atoms with Crippen LogP contribution >= 0.6 is 0 Å². The van der Waals surface area contributed by atoms with Crippen LogP contribution < -0.4 is 4.74 Å². The van der Waals surface area contributed by atoms with Crippen molar-refractivity contribution in [1.82, 2.24) is 0 Å². The zero-order valence-corrected chi connectivity index (χ0v) is 7.86. The van der Waals surface area contributed by atoms with E-state index in [2.05, 4.69) is 12.7 Å². The molecule has 1 rings (SSSR count). The molecule has 1 nitrogen and oxygen atoms in total. The van der Waals surface area contributed by atoms with E-state index < -0.39 is 0 Å². The summed E-state index contributed by atoms with van der Waals surface area (Å²) in [4.78, 5) is 0. The lowest BCUT2D eigenvalue weighted by Gasteiger charge is -2.02. The predicted molar refractivity (Wildman–Crippen MR) is 56.8 cm³/mol. The van der Waals surface area contributed by atoms with Crippen molar-refractivity contribution in [2.45, 2.75) is 6.92 Å². The van der Waals surface area contributed by atoms with E-state index in [1.54, 1.807) is 6.08 Å².